The molecular formula is C27H25N3O4. The van der Waals surface area contributed by atoms with Crippen molar-refractivity contribution >= 4 is 5.97 Å². The number of carbonyl (C=O) groups is 1. The number of aliphatic hydroxyl groups excluding tert-OH is 1. The van der Waals surface area contributed by atoms with E-state index in [2.05, 4.69) is 28.4 Å². The van der Waals surface area contributed by atoms with Crippen LogP contribution in [0.2, 0.25) is 0 Å². The van der Waals surface area contributed by atoms with E-state index in [4.69, 9.17) is 4.42 Å². The number of aliphatic hydroxyl groups is 1. The zero-order valence-corrected chi connectivity index (χ0v) is 18.8. The van der Waals surface area contributed by atoms with Gasteiger partial charge in [0.25, 0.3) is 0 Å². The molecule has 172 valence electrons. The first-order valence-electron chi connectivity index (χ1n) is 11.2. The monoisotopic (exact) mass is 455 g/mol. The van der Waals surface area contributed by atoms with Gasteiger partial charge in [-0.1, -0.05) is 54.6 Å². The van der Waals surface area contributed by atoms with Crippen molar-refractivity contribution in [3.63, 3.8) is 0 Å². The highest BCUT2D eigenvalue weighted by Crippen LogP contribution is 2.32. The molecular weight excluding hydrogens is 430 g/mol. The standard InChI is InChI=1S/C27H25N3O4/c1-17-22(19-8-3-2-4-9-19)11-6-12-23(17)26-29-28-25(34-26)20-10-5-7-18(13-20)15-30-16-21(31)14-24(30)27(32)33/h2-13,21,24,31H,14-16H2,1H3,(H,32,33)/t21-,24+/m1/s1. The molecule has 7 nitrogen and oxygen atoms in total. The minimum absolute atomic E-state index is 0.240. The molecule has 0 bridgehead atoms. The minimum atomic E-state index is -0.914. The predicted octanol–water partition coefficient (Wildman–Crippen LogP) is 4.40. The summed E-state index contributed by atoms with van der Waals surface area (Å²) in [5, 5.41) is 27.9. The molecule has 1 aliphatic rings. The van der Waals surface area contributed by atoms with Crippen molar-refractivity contribution in [3.8, 4) is 34.0 Å². The van der Waals surface area contributed by atoms with Gasteiger partial charge < -0.3 is 14.6 Å². The van der Waals surface area contributed by atoms with Crippen molar-refractivity contribution in [2.45, 2.75) is 32.0 Å². The number of aliphatic carboxylic acids is 1. The second-order valence-corrected chi connectivity index (χ2v) is 8.63. The summed E-state index contributed by atoms with van der Waals surface area (Å²) in [5.74, 6) is -0.0655. The Bertz CT molecular complexity index is 1320. The van der Waals surface area contributed by atoms with Gasteiger partial charge in [0.05, 0.1) is 6.10 Å². The first kappa shape index (κ1) is 22.0. The SMILES string of the molecule is Cc1c(-c2ccccc2)cccc1-c1nnc(-c2cccc(CN3C[C@H](O)C[C@H]3C(=O)O)c2)o1. The van der Waals surface area contributed by atoms with E-state index >= 15 is 0 Å². The molecule has 0 radical (unpaired) electrons. The Kier molecular flexibility index (Phi) is 5.96. The number of aromatic nitrogens is 2. The topological polar surface area (TPSA) is 99.7 Å². The van der Waals surface area contributed by atoms with Gasteiger partial charge in [0.1, 0.15) is 6.04 Å². The molecule has 0 amide bonds. The third-order valence-electron chi connectivity index (χ3n) is 6.30. The molecule has 0 unspecified atom stereocenters. The van der Waals surface area contributed by atoms with Gasteiger partial charge in [-0.3, -0.25) is 9.69 Å². The summed E-state index contributed by atoms with van der Waals surface area (Å²) in [4.78, 5) is 13.3. The van der Waals surface area contributed by atoms with E-state index in [0.29, 0.717) is 24.9 Å². The van der Waals surface area contributed by atoms with Crippen LogP contribution in [0.3, 0.4) is 0 Å². The lowest BCUT2D eigenvalue weighted by Gasteiger charge is -2.20. The molecule has 1 saturated heterocycles. The third kappa shape index (κ3) is 4.35. The molecule has 3 aromatic carbocycles. The molecule has 1 aliphatic heterocycles. The second-order valence-electron chi connectivity index (χ2n) is 8.63. The zero-order chi connectivity index (χ0) is 23.7. The van der Waals surface area contributed by atoms with Crippen molar-refractivity contribution in [3.05, 3.63) is 83.9 Å². The van der Waals surface area contributed by atoms with Crippen LogP contribution in [0.1, 0.15) is 17.5 Å². The van der Waals surface area contributed by atoms with Crippen molar-refractivity contribution in [1.29, 1.82) is 0 Å². The van der Waals surface area contributed by atoms with Crippen molar-refractivity contribution in [1.82, 2.24) is 15.1 Å². The summed E-state index contributed by atoms with van der Waals surface area (Å²) in [5.41, 5.74) is 5.86. The molecule has 1 aromatic heterocycles. The molecule has 0 spiro atoms. The highest BCUT2D eigenvalue weighted by atomic mass is 16.4. The Morgan fingerprint density at radius 1 is 0.971 bits per heavy atom. The lowest BCUT2D eigenvalue weighted by atomic mass is 9.96. The lowest BCUT2D eigenvalue weighted by molar-refractivity contribution is -0.142. The smallest absolute Gasteiger partial charge is 0.321 e. The van der Waals surface area contributed by atoms with Gasteiger partial charge in [-0.15, -0.1) is 10.2 Å². The molecule has 5 rings (SSSR count). The van der Waals surface area contributed by atoms with E-state index in [9.17, 15) is 15.0 Å². The summed E-state index contributed by atoms with van der Waals surface area (Å²) in [7, 11) is 0. The van der Waals surface area contributed by atoms with E-state index in [0.717, 1.165) is 33.4 Å². The average molecular weight is 456 g/mol. The first-order chi connectivity index (χ1) is 16.5. The molecule has 34 heavy (non-hydrogen) atoms. The Labute approximate surface area is 197 Å². The summed E-state index contributed by atoms with van der Waals surface area (Å²) in [6, 6.07) is 23.2. The zero-order valence-electron chi connectivity index (χ0n) is 18.8. The maximum Gasteiger partial charge on any atom is 0.321 e. The van der Waals surface area contributed by atoms with Crippen LogP contribution in [0.4, 0.5) is 0 Å². The van der Waals surface area contributed by atoms with Gasteiger partial charge in [0.2, 0.25) is 11.8 Å². The highest BCUT2D eigenvalue weighted by molar-refractivity contribution is 5.75. The van der Waals surface area contributed by atoms with Gasteiger partial charge in [-0.25, -0.2) is 0 Å². The van der Waals surface area contributed by atoms with Gasteiger partial charge in [0, 0.05) is 30.6 Å². The molecule has 2 atom stereocenters. The Hall–Kier alpha value is -3.81. The average Bonchev–Trinajstić information content (AvgIpc) is 3.47. The first-order valence-corrected chi connectivity index (χ1v) is 11.2. The van der Waals surface area contributed by atoms with Crippen LogP contribution in [0.5, 0.6) is 0 Å². The van der Waals surface area contributed by atoms with Gasteiger partial charge in [0.15, 0.2) is 0 Å². The second kappa shape index (κ2) is 9.21. The van der Waals surface area contributed by atoms with Crippen LogP contribution in [0.25, 0.3) is 34.0 Å². The molecule has 4 aromatic rings. The largest absolute Gasteiger partial charge is 0.480 e. The van der Waals surface area contributed by atoms with Crippen LogP contribution >= 0.6 is 0 Å². The fraction of sp³-hybridized carbons (Fsp3) is 0.222. The summed E-state index contributed by atoms with van der Waals surface area (Å²) >= 11 is 0. The molecule has 0 saturated carbocycles. The predicted molar refractivity (Wildman–Crippen MR) is 128 cm³/mol. The number of carboxylic acid groups (broad SMARTS) is 1. The Balaban J connectivity index is 1.40. The maximum atomic E-state index is 11.5. The number of likely N-dealkylation sites (tertiary alicyclic amines) is 1. The number of carboxylic acids is 1. The maximum absolute atomic E-state index is 11.5. The number of nitrogens with zero attached hydrogens (tertiary/aromatic N) is 3. The van der Waals surface area contributed by atoms with Gasteiger partial charge in [-0.05, 0) is 47.4 Å². The van der Waals surface area contributed by atoms with Crippen LogP contribution in [-0.4, -0.2) is 50.0 Å². The summed E-state index contributed by atoms with van der Waals surface area (Å²) in [6.07, 6.45) is -0.388. The van der Waals surface area contributed by atoms with E-state index in [-0.39, 0.29) is 6.42 Å². The molecule has 2 heterocycles. The molecule has 7 heteroatoms. The van der Waals surface area contributed by atoms with Crippen LogP contribution in [0.15, 0.2) is 77.2 Å². The van der Waals surface area contributed by atoms with E-state index < -0.39 is 18.1 Å². The Morgan fingerprint density at radius 2 is 1.68 bits per heavy atom. The number of β-amino-alcohol motifs (C(OH)–C–C–N with tert-alkyl or cyclic N) is 1. The fourth-order valence-corrected chi connectivity index (χ4v) is 4.59. The summed E-state index contributed by atoms with van der Waals surface area (Å²) in [6.45, 7) is 2.80. The van der Waals surface area contributed by atoms with E-state index in [1.54, 1.807) is 4.90 Å². The number of hydrogen-bond donors (Lipinski definition) is 2. The lowest BCUT2D eigenvalue weighted by Crippen LogP contribution is -2.35. The molecule has 0 aliphatic carbocycles. The fourth-order valence-electron chi connectivity index (χ4n) is 4.59. The summed E-state index contributed by atoms with van der Waals surface area (Å²) < 4.78 is 6.06. The normalized spacial score (nSPS) is 18.3. The number of benzene rings is 3. The molecule has 1 fully saturated rings. The van der Waals surface area contributed by atoms with Crippen LogP contribution in [-0.2, 0) is 11.3 Å². The van der Waals surface area contributed by atoms with Crippen LogP contribution in [0, 0.1) is 6.92 Å². The number of hydrogen-bond acceptors (Lipinski definition) is 6. The van der Waals surface area contributed by atoms with Crippen molar-refractivity contribution in [2.75, 3.05) is 6.54 Å². The van der Waals surface area contributed by atoms with Crippen LogP contribution < -0.4 is 0 Å². The Morgan fingerprint density at radius 3 is 2.47 bits per heavy atom. The minimum Gasteiger partial charge on any atom is -0.480 e. The quantitative estimate of drug-likeness (QED) is 0.445. The van der Waals surface area contributed by atoms with Crippen molar-refractivity contribution in [2.24, 2.45) is 0 Å². The van der Waals surface area contributed by atoms with Crippen molar-refractivity contribution < 1.29 is 19.4 Å². The van der Waals surface area contributed by atoms with E-state index in [1.165, 1.54) is 0 Å². The third-order valence-corrected chi connectivity index (χ3v) is 6.30. The van der Waals surface area contributed by atoms with E-state index in [1.807, 2.05) is 61.5 Å². The van der Waals surface area contributed by atoms with Gasteiger partial charge in [-0.2, -0.15) is 0 Å². The van der Waals surface area contributed by atoms with Gasteiger partial charge >= 0.3 is 5.97 Å². The highest BCUT2D eigenvalue weighted by Gasteiger charge is 2.35. The number of rotatable bonds is 6. The molecule has 2 N–H and O–H groups in total.